The first-order chi connectivity index (χ1) is 9.51. The summed E-state index contributed by atoms with van der Waals surface area (Å²) in [6.45, 7) is 3.99. The third-order valence-electron chi connectivity index (χ3n) is 2.95. The van der Waals surface area contributed by atoms with Crippen LogP contribution in [0, 0.1) is 13.8 Å². The molecule has 2 aromatic rings. The lowest BCUT2D eigenvalue weighted by atomic mass is 10.1. The molecule has 5 heteroatoms. The molecule has 1 heterocycles. The second-order valence-electron chi connectivity index (χ2n) is 4.57. The number of amides is 1. The van der Waals surface area contributed by atoms with Crippen LogP contribution >= 0.6 is 15.9 Å². The van der Waals surface area contributed by atoms with E-state index in [0.717, 1.165) is 21.3 Å². The quantitative estimate of drug-likeness (QED) is 0.899. The Kier molecular flexibility index (Phi) is 4.39. The second kappa shape index (κ2) is 6.05. The number of carbonyl (C=O) groups excluding carboxylic acids is 1. The average Bonchev–Trinajstić information content (AvgIpc) is 2.42. The maximum atomic E-state index is 12.3. The summed E-state index contributed by atoms with van der Waals surface area (Å²) in [6.07, 6.45) is 1.61. The average molecular weight is 334 g/mol. The first kappa shape index (κ1) is 14.5. The number of nitrogens with one attached hydrogen (secondary N) is 2. The van der Waals surface area contributed by atoms with E-state index in [2.05, 4.69) is 31.5 Å². The van der Waals surface area contributed by atoms with Crippen molar-refractivity contribution in [2.45, 2.75) is 13.8 Å². The first-order valence-corrected chi connectivity index (χ1v) is 7.02. The van der Waals surface area contributed by atoms with Gasteiger partial charge in [0.15, 0.2) is 0 Å². The second-order valence-corrected chi connectivity index (χ2v) is 5.43. The van der Waals surface area contributed by atoms with Crippen LogP contribution in [-0.2, 0) is 0 Å². The molecule has 0 saturated heterocycles. The maximum Gasteiger partial charge on any atom is 0.255 e. The molecule has 0 aliphatic heterocycles. The zero-order valence-electron chi connectivity index (χ0n) is 11.6. The number of benzene rings is 1. The van der Waals surface area contributed by atoms with Crippen molar-refractivity contribution in [3.05, 3.63) is 51.6 Å². The molecule has 0 aliphatic carbocycles. The van der Waals surface area contributed by atoms with Gasteiger partial charge >= 0.3 is 0 Å². The van der Waals surface area contributed by atoms with Gasteiger partial charge in [0.1, 0.15) is 5.82 Å². The highest BCUT2D eigenvalue weighted by Crippen LogP contribution is 2.28. The van der Waals surface area contributed by atoms with Gasteiger partial charge in [-0.1, -0.05) is 6.07 Å². The number of aromatic nitrogens is 1. The van der Waals surface area contributed by atoms with Crippen molar-refractivity contribution in [2.75, 3.05) is 17.7 Å². The lowest BCUT2D eigenvalue weighted by Gasteiger charge is -2.12. The summed E-state index contributed by atoms with van der Waals surface area (Å²) in [4.78, 5) is 16.4. The molecule has 0 saturated carbocycles. The molecule has 0 radical (unpaired) electrons. The van der Waals surface area contributed by atoms with Crippen LogP contribution < -0.4 is 10.6 Å². The molecule has 0 bridgehead atoms. The molecule has 0 unspecified atom stereocenters. The Labute approximate surface area is 126 Å². The van der Waals surface area contributed by atoms with Crippen molar-refractivity contribution in [2.24, 2.45) is 0 Å². The minimum Gasteiger partial charge on any atom is -0.373 e. The topological polar surface area (TPSA) is 54.0 Å². The molecule has 0 spiro atoms. The number of halogens is 1. The number of hydrogen-bond acceptors (Lipinski definition) is 3. The zero-order chi connectivity index (χ0) is 14.7. The van der Waals surface area contributed by atoms with Crippen LogP contribution in [0.25, 0.3) is 0 Å². The van der Waals surface area contributed by atoms with Crippen LogP contribution in [0.4, 0.5) is 11.5 Å². The van der Waals surface area contributed by atoms with Crippen molar-refractivity contribution < 1.29 is 4.79 Å². The maximum absolute atomic E-state index is 12.3. The number of aryl methyl sites for hydroxylation is 2. The fraction of sp³-hybridized carbons (Fsp3) is 0.200. The van der Waals surface area contributed by atoms with Gasteiger partial charge in [0.05, 0.1) is 5.69 Å². The Balaban J connectivity index is 2.28. The highest BCUT2D eigenvalue weighted by Gasteiger charge is 2.11. The number of pyridine rings is 1. The van der Waals surface area contributed by atoms with Gasteiger partial charge in [-0.25, -0.2) is 4.98 Å². The van der Waals surface area contributed by atoms with Gasteiger partial charge in [-0.05, 0) is 59.1 Å². The Bertz CT molecular complexity index is 632. The summed E-state index contributed by atoms with van der Waals surface area (Å²) in [6, 6.07) is 7.42. The largest absolute Gasteiger partial charge is 0.373 e. The van der Waals surface area contributed by atoms with Crippen LogP contribution in [0.15, 0.2) is 34.9 Å². The molecule has 0 atom stereocenters. The van der Waals surface area contributed by atoms with Crippen molar-refractivity contribution in [1.82, 2.24) is 4.98 Å². The predicted octanol–water partition coefficient (Wildman–Crippen LogP) is 3.75. The molecular weight excluding hydrogens is 318 g/mol. The van der Waals surface area contributed by atoms with Crippen molar-refractivity contribution in [3.8, 4) is 0 Å². The summed E-state index contributed by atoms with van der Waals surface area (Å²) >= 11 is 3.49. The van der Waals surface area contributed by atoms with Crippen molar-refractivity contribution in [1.29, 1.82) is 0 Å². The van der Waals surface area contributed by atoms with Gasteiger partial charge in [-0.2, -0.15) is 0 Å². The van der Waals surface area contributed by atoms with Crippen LogP contribution in [0.1, 0.15) is 21.5 Å². The van der Waals surface area contributed by atoms with Crippen LogP contribution in [0.3, 0.4) is 0 Å². The molecule has 1 aromatic heterocycles. The van der Waals surface area contributed by atoms with E-state index < -0.39 is 0 Å². The van der Waals surface area contributed by atoms with E-state index in [9.17, 15) is 4.79 Å². The molecule has 104 valence electrons. The molecule has 0 fully saturated rings. The Morgan fingerprint density at radius 3 is 2.65 bits per heavy atom. The van der Waals surface area contributed by atoms with Crippen molar-refractivity contribution in [3.63, 3.8) is 0 Å². The number of anilines is 2. The molecule has 2 N–H and O–H groups in total. The number of rotatable bonds is 3. The van der Waals surface area contributed by atoms with E-state index in [0.29, 0.717) is 11.4 Å². The highest BCUT2D eigenvalue weighted by molar-refractivity contribution is 9.10. The molecule has 20 heavy (non-hydrogen) atoms. The molecule has 4 nitrogen and oxygen atoms in total. The fourth-order valence-electron chi connectivity index (χ4n) is 1.97. The first-order valence-electron chi connectivity index (χ1n) is 6.23. The zero-order valence-corrected chi connectivity index (χ0v) is 13.2. The number of hydrogen-bond donors (Lipinski definition) is 2. The van der Waals surface area contributed by atoms with Gasteiger partial charge in [0.2, 0.25) is 0 Å². The Morgan fingerprint density at radius 1 is 1.25 bits per heavy atom. The Hall–Kier alpha value is -1.88. The standard InChI is InChI=1S/C15H16BrN3O/c1-9-6-10(2)14(12(16)7-9)19-15(20)11-4-5-18-13(8-11)17-3/h4-8H,1-3H3,(H,17,18)(H,19,20). The van der Waals surface area contributed by atoms with Gasteiger partial charge in [0, 0.05) is 23.3 Å². The van der Waals surface area contributed by atoms with E-state index in [1.54, 1.807) is 25.4 Å². The molecular formula is C15H16BrN3O. The van der Waals surface area contributed by atoms with Gasteiger partial charge < -0.3 is 10.6 Å². The highest BCUT2D eigenvalue weighted by atomic mass is 79.9. The van der Waals surface area contributed by atoms with Crippen molar-refractivity contribution >= 4 is 33.3 Å². The summed E-state index contributed by atoms with van der Waals surface area (Å²) in [5.74, 6) is 0.508. The fourth-order valence-corrected chi connectivity index (χ4v) is 2.74. The SMILES string of the molecule is CNc1cc(C(=O)Nc2c(C)cc(C)cc2Br)ccn1. The third-order valence-corrected chi connectivity index (χ3v) is 3.57. The van der Waals surface area contributed by atoms with Crippen LogP contribution in [-0.4, -0.2) is 17.9 Å². The van der Waals surface area contributed by atoms with E-state index in [4.69, 9.17) is 0 Å². The van der Waals surface area contributed by atoms with E-state index in [1.165, 1.54) is 0 Å². The van der Waals surface area contributed by atoms with E-state index >= 15 is 0 Å². The van der Waals surface area contributed by atoms with E-state index in [-0.39, 0.29) is 5.91 Å². The van der Waals surface area contributed by atoms with Gasteiger partial charge in [-0.3, -0.25) is 4.79 Å². The normalized spacial score (nSPS) is 10.2. The lowest BCUT2D eigenvalue weighted by Crippen LogP contribution is -2.14. The molecule has 1 aromatic carbocycles. The van der Waals surface area contributed by atoms with Crippen LogP contribution in [0.5, 0.6) is 0 Å². The summed E-state index contributed by atoms with van der Waals surface area (Å²) in [7, 11) is 1.77. The molecule has 1 amide bonds. The summed E-state index contributed by atoms with van der Waals surface area (Å²) in [5, 5.41) is 5.85. The number of nitrogens with zero attached hydrogens (tertiary/aromatic N) is 1. The smallest absolute Gasteiger partial charge is 0.255 e. The van der Waals surface area contributed by atoms with Crippen LogP contribution in [0.2, 0.25) is 0 Å². The molecule has 2 rings (SSSR count). The van der Waals surface area contributed by atoms with Gasteiger partial charge in [-0.15, -0.1) is 0 Å². The summed E-state index contributed by atoms with van der Waals surface area (Å²) in [5.41, 5.74) is 3.53. The molecule has 0 aliphatic rings. The monoisotopic (exact) mass is 333 g/mol. The third kappa shape index (κ3) is 3.17. The van der Waals surface area contributed by atoms with E-state index in [1.807, 2.05) is 26.0 Å². The Morgan fingerprint density at radius 2 is 2.00 bits per heavy atom. The van der Waals surface area contributed by atoms with Gasteiger partial charge in [0.25, 0.3) is 5.91 Å². The minimum absolute atomic E-state index is 0.156. The lowest BCUT2D eigenvalue weighted by molar-refractivity contribution is 0.102. The summed E-state index contributed by atoms with van der Waals surface area (Å²) < 4.78 is 0.881. The number of carbonyl (C=O) groups is 1. The predicted molar refractivity (Wildman–Crippen MR) is 85.4 cm³/mol. The minimum atomic E-state index is -0.156.